The normalized spacial score (nSPS) is 32.3. The summed E-state index contributed by atoms with van der Waals surface area (Å²) in [5.74, 6) is 1.24. The summed E-state index contributed by atoms with van der Waals surface area (Å²) in [5.41, 5.74) is 0. The molecule has 0 aromatic heterocycles. The van der Waals surface area contributed by atoms with Crippen molar-refractivity contribution in [2.75, 3.05) is 51.4 Å². The molecule has 112 valence electrons. The maximum absolute atomic E-state index is 11.6. The van der Waals surface area contributed by atoms with E-state index in [1.54, 1.807) is 7.11 Å². The van der Waals surface area contributed by atoms with Crippen LogP contribution in [0.5, 0.6) is 0 Å². The lowest BCUT2D eigenvalue weighted by Crippen LogP contribution is -2.47. The van der Waals surface area contributed by atoms with Crippen LogP contribution in [0.1, 0.15) is 19.3 Å². The van der Waals surface area contributed by atoms with Crippen LogP contribution in [-0.2, 0) is 14.6 Å². The lowest BCUT2D eigenvalue weighted by atomic mass is 9.98. The lowest BCUT2D eigenvalue weighted by Gasteiger charge is -2.34. The number of likely N-dealkylation sites (tertiary alicyclic amines) is 1. The molecule has 2 aliphatic rings. The highest BCUT2D eigenvalue weighted by Gasteiger charge is 2.25. The van der Waals surface area contributed by atoms with Crippen LogP contribution in [-0.4, -0.2) is 70.8 Å². The van der Waals surface area contributed by atoms with Gasteiger partial charge in [0.2, 0.25) is 0 Å². The van der Waals surface area contributed by atoms with E-state index in [0.29, 0.717) is 24.0 Å². The van der Waals surface area contributed by atoms with Crippen molar-refractivity contribution < 1.29 is 13.2 Å². The monoisotopic (exact) mass is 290 g/mol. The smallest absolute Gasteiger partial charge is 0.153 e. The highest BCUT2D eigenvalue weighted by Crippen LogP contribution is 2.17. The number of sulfone groups is 1. The van der Waals surface area contributed by atoms with E-state index in [4.69, 9.17) is 4.74 Å². The molecule has 19 heavy (non-hydrogen) atoms. The van der Waals surface area contributed by atoms with Gasteiger partial charge in [-0.2, -0.15) is 0 Å². The first-order valence-electron chi connectivity index (χ1n) is 7.24. The molecule has 2 aliphatic heterocycles. The predicted molar refractivity (Wildman–Crippen MR) is 76.1 cm³/mol. The Bertz CT molecular complexity index is 370. The maximum atomic E-state index is 11.6. The Morgan fingerprint density at radius 2 is 2.26 bits per heavy atom. The van der Waals surface area contributed by atoms with Gasteiger partial charge in [-0.25, -0.2) is 8.42 Å². The summed E-state index contributed by atoms with van der Waals surface area (Å²) in [6.45, 7) is 4.67. The second kappa shape index (κ2) is 7.02. The third kappa shape index (κ3) is 5.02. The molecular weight excluding hydrogens is 264 g/mol. The Labute approximate surface area is 116 Å². The van der Waals surface area contributed by atoms with Gasteiger partial charge in [-0.1, -0.05) is 0 Å². The average Bonchev–Trinajstić information content (AvgIpc) is 2.36. The highest BCUT2D eigenvalue weighted by atomic mass is 32.2. The van der Waals surface area contributed by atoms with Crippen molar-refractivity contribution in [1.29, 1.82) is 0 Å². The van der Waals surface area contributed by atoms with E-state index < -0.39 is 9.84 Å². The quantitative estimate of drug-likeness (QED) is 0.779. The van der Waals surface area contributed by atoms with E-state index in [0.717, 1.165) is 32.7 Å². The van der Waals surface area contributed by atoms with Crippen molar-refractivity contribution in [3.63, 3.8) is 0 Å². The Hall–Kier alpha value is -0.170. The minimum absolute atomic E-state index is 0.140. The van der Waals surface area contributed by atoms with Gasteiger partial charge in [0.25, 0.3) is 0 Å². The van der Waals surface area contributed by atoms with Gasteiger partial charge in [-0.05, 0) is 38.3 Å². The van der Waals surface area contributed by atoms with Crippen LogP contribution in [0.15, 0.2) is 0 Å². The van der Waals surface area contributed by atoms with Gasteiger partial charge in [0, 0.05) is 26.2 Å². The number of nitrogens with zero attached hydrogens (tertiary/aromatic N) is 1. The minimum Gasteiger partial charge on any atom is -0.384 e. The molecule has 2 saturated heterocycles. The second-order valence-corrected chi connectivity index (χ2v) is 8.05. The largest absolute Gasteiger partial charge is 0.384 e. The number of hydrogen-bond donors (Lipinski definition) is 1. The van der Waals surface area contributed by atoms with Crippen molar-refractivity contribution in [2.45, 2.75) is 25.3 Å². The summed E-state index contributed by atoms with van der Waals surface area (Å²) in [7, 11) is -1.05. The van der Waals surface area contributed by atoms with Gasteiger partial charge in [-0.3, -0.25) is 0 Å². The molecule has 0 aliphatic carbocycles. The van der Waals surface area contributed by atoms with E-state index in [1.165, 1.54) is 12.8 Å². The fourth-order valence-electron chi connectivity index (χ4n) is 3.12. The molecule has 5 nitrogen and oxygen atoms in total. The van der Waals surface area contributed by atoms with E-state index in [1.807, 2.05) is 0 Å². The molecule has 2 rings (SSSR count). The van der Waals surface area contributed by atoms with Crippen LogP contribution in [0.2, 0.25) is 0 Å². The van der Waals surface area contributed by atoms with Crippen LogP contribution in [0.3, 0.4) is 0 Å². The first kappa shape index (κ1) is 15.2. The molecule has 0 radical (unpaired) electrons. The maximum Gasteiger partial charge on any atom is 0.153 e. The fraction of sp³-hybridized carbons (Fsp3) is 1.00. The zero-order chi connectivity index (χ0) is 13.7. The standard InChI is InChI=1S/C13H26N2O3S/c1-18-10-12-3-2-6-15(9-12)7-4-13-11-19(16,17)8-5-14-13/h12-14H,2-11H2,1H3. The van der Waals surface area contributed by atoms with Crippen molar-refractivity contribution in [3.05, 3.63) is 0 Å². The van der Waals surface area contributed by atoms with E-state index in [2.05, 4.69) is 10.2 Å². The topological polar surface area (TPSA) is 58.6 Å². The highest BCUT2D eigenvalue weighted by molar-refractivity contribution is 7.91. The lowest BCUT2D eigenvalue weighted by molar-refractivity contribution is 0.0889. The third-order valence-electron chi connectivity index (χ3n) is 4.10. The molecule has 0 spiro atoms. The summed E-state index contributed by atoms with van der Waals surface area (Å²) in [6.07, 6.45) is 3.41. The number of rotatable bonds is 5. The molecular formula is C13H26N2O3S. The van der Waals surface area contributed by atoms with Crippen LogP contribution < -0.4 is 5.32 Å². The molecule has 0 amide bonds. The summed E-state index contributed by atoms with van der Waals surface area (Å²) in [4.78, 5) is 2.45. The fourth-order valence-corrected chi connectivity index (χ4v) is 4.61. The Morgan fingerprint density at radius 1 is 1.42 bits per heavy atom. The number of piperidine rings is 1. The van der Waals surface area contributed by atoms with Gasteiger partial charge < -0.3 is 15.0 Å². The minimum atomic E-state index is -2.81. The van der Waals surface area contributed by atoms with E-state index in [9.17, 15) is 8.42 Å². The number of methoxy groups -OCH3 is 1. The molecule has 6 heteroatoms. The zero-order valence-electron chi connectivity index (χ0n) is 11.8. The van der Waals surface area contributed by atoms with Crippen molar-refractivity contribution in [1.82, 2.24) is 10.2 Å². The van der Waals surface area contributed by atoms with Gasteiger partial charge >= 0.3 is 0 Å². The van der Waals surface area contributed by atoms with Gasteiger partial charge in [0.15, 0.2) is 9.84 Å². The molecule has 1 N–H and O–H groups in total. The molecule has 0 aromatic rings. The first-order valence-corrected chi connectivity index (χ1v) is 9.06. The molecule has 2 heterocycles. The first-order chi connectivity index (χ1) is 9.09. The van der Waals surface area contributed by atoms with Crippen molar-refractivity contribution in [3.8, 4) is 0 Å². The predicted octanol–water partition coefficient (Wildman–Crippen LogP) is 0.122. The van der Waals surface area contributed by atoms with Gasteiger partial charge in [0.05, 0.1) is 18.1 Å². The summed E-state index contributed by atoms with van der Waals surface area (Å²) in [6, 6.07) is 0.140. The van der Waals surface area contributed by atoms with Crippen molar-refractivity contribution in [2.24, 2.45) is 5.92 Å². The average molecular weight is 290 g/mol. The molecule has 2 unspecified atom stereocenters. The zero-order valence-corrected chi connectivity index (χ0v) is 12.6. The van der Waals surface area contributed by atoms with E-state index >= 15 is 0 Å². The Balaban J connectivity index is 1.72. The van der Waals surface area contributed by atoms with Crippen LogP contribution in [0.25, 0.3) is 0 Å². The SMILES string of the molecule is COCC1CCCN(CCC2CS(=O)(=O)CCN2)C1. The molecule has 0 saturated carbocycles. The van der Waals surface area contributed by atoms with Gasteiger partial charge in [0.1, 0.15) is 0 Å². The van der Waals surface area contributed by atoms with Crippen LogP contribution in [0, 0.1) is 5.92 Å². The molecule has 2 fully saturated rings. The van der Waals surface area contributed by atoms with Crippen LogP contribution in [0.4, 0.5) is 0 Å². The number of hydrogen-bond acceptors (Lipinski definition) is 5. The number of nitrogens with one attached hydrogen (secondary N) is 1. The number of ether oxygens (including phenoxy) is 1. The summed E-state index contributed by atoms with van der Waals surface area (Å²) >= 11 is 0. The Kier molecular flexibility index (Phi) is 5.62. The molecule has 2 atom stereocenters. The Morgan fingerprint density at radius 3 is 3.00 bits per heavy atom. The van der Waals surface area contributed by atoms with Crippen LogP contribution >= 0.6 is 0 Å². The third-order valence-corrected chi connectivity index (χ3v) is 5.84. The molecule has 0 bridgehead atoms. The van der Waals surface area contributed by atoms with Crippen molar-refractivity contribution >= 4 is 9.84 Å². The summed E-state index contributed by atoms with van der Waals surface area (Å²) in [5, 5.41) is 3.32. The summed E-state index contributed by atoms with van der Waals surface area (Å²) < 4.78 is 28.4. The van der Waals surface area contributed by atoms with Gasteiger partial charge in [-0.15, -0.1) is 0 Å². The van der Waals surface area contributed by atoms with E-state index in [-0.39, 0.29) is 6.04 Å². The second-order valence-electron chi connectivity index (χ2n) is 5.82. The molecule has 0 aromatic carbocycles.